The van der Waals surface area contributed by atoms with Crippen molar-refractivity contribution in [1.82, 2.24) is 20.5 Å². The lowest BCUT2D eigenvalue weighted by Crippen LogP contribution is -2.44. The Morgan fingerprint density at radius 2 is 1.70 bits per heavy atom. The first kappa shape index (κ1) is 19.5. The van der Waals surface area contributed by atoms with Gasteiger partial charge in [0.25, 0.3) is 0 Å². The van der Waals surface area contributed by atoms with Crippen LogP contribution in [-0.4, -0.2) is 56.1 Å². The molecule has 1 aromatic heterocycles. The van der Waals surface area contributed by atoms with Gasteiger partial charge in [-0.25, -0.2) is 4.98 Å². The van der Waals surface area contributed by atoms with Crippen molar-refractivity contribution in [2.75, 3.05) is 45.2 Å². The molecule has 0 bridgehead atoms. The van der Waals surface area contributed by atoms with E-state index in [0.29, 0.717) is 13.1 Å². The molecular formula is C20H27ClN6. The zero-order chi connectivity index (χ0) is 19.1. The van der Waals surface area contributed by atoms with Crippen LogP contribution >= 0.6 is 11.6 Å². The maximum Gasteiger partial charge on any atom is 0.191 e. The Labute approximate surface area is 166 Å². The summed E-state index contributed by atoms with van der Waals surface area (Å²) in [6, 6.07) is 12.0. The molecule has 0 unspecified atom stereocenters. The molecule has 144 valence electrons. The van der Waals surface area contributed by atoms with E-state index in [-0.39, 0.29) is 0 Å². The van der Waals surface area contributed by atoms with Crippen LogP contribution in [0, 0.1) is 0 Å². The lowest BCUT2D eigenvalue weighted by Gasteiger charge is -2.33. The normalized spacial score (nSPS) is 15.7. The largest absolute Gasteiger partial charge is 0.354 e. The molecule has 0 atom stereocenters. The molecule has 27 heavy (non-hydrogen) atoms. The number of likely N-dealkylation sites (N-methyl/N-ethyl adjacent to an activating group) is 1. The third-order valence-electron chi connectivity index (χ3n) is 4.69. The van der Waals surface area contributed by atoms with Crippen molar-refractivity contribution in [3.05, 3.63) is 58.7 Å². The van der Waals surface area contributed by atoms with Crippen LogP contribution in [-0.2, 0) is 13.1 Å². The van der Waals surface area contributed by atoms with Gasteiger partial charge in [0.15, 0.2) is 5.96 Å². The lowest BCUT2D eigenvalue weighted by molar-refractivity contribution is 0.312. The molecule has 6 nitrogen and oxygen atoms in total. The number of aliphatic imine (C=N–C) groups is 1. The molecule has 1 aliphatic heterocycles. The molecule has 2 heterocycles. The summed E-state index contributed by atoms with van der Waals surface area (Å²) in [5.74, 6) is 1.81. The smallest absolute Gasteiger partial charge is 0.191 e. The van der Waals surface area contributed by atoms with Gasteiger partial charge in [0.05, 0.1) is 0 Å². The van der Waals surface area contributed by atoms with Gasteiger partial charge in [0.1, 0.15) is 5.82 Å². The average molecular weight is 387 g/mol. The average Bonchev–Trinajstić information content (AvgIpc) is 2.70. The van der Waals surface area contributed by atoms with Gasteiger partial charge in [-0.2, -0.15) is 0 Å². The predicted octanol–water partition coefficient (Wildman–Crippen LogP) is 2.35. The van der Waals surface area contributed by atoms with Crippen LogP contribution < -0.4 is 15.5 Å². The van der Waals surface area contributed by atoms with Gasteiger partial charge in [-0.05, 0) is 42.4 Å². The van der Waals surface area contributed by atoms with Gasteiger partial charge in [-0.15, -0.1) is 0 Å². The molecule has 7 heteroatoms. The molecule has 0 aliphatic carbocycles. The summed E-state index contributed by atoms with van der Waals surface area (Å²) in [7, 11) is 3.94. The summed E-state index contributed by atoms with van der Waals surface area (Å²) >= 11 is 5.93. The van der Waals surface area contributed by atoms with Crippen LogP contribution in [0.2, 0.25) is 5.02 Å². The minimum Gasteiger partial charge on any atom is -0.354 e. The molecule has 0 spiro atoms. The Balaban J connectivity index is 1.52. The van der Waals surface area contributed by atoms with Crippen LogP contribution in [0.3, 0.4) is 0 Å². The number of nitrogens with zero attached hydrogens (tertiary/aromatic N) is 4. The van der Waals surface area contributed by atoms with Crippen LogP contribution in [0.1, 0.15) is 11.1 Å². The monoisotopic (exact) mass is 386 g/mol. The van der Waals surface area contributed by atoms with Gasteiger partial charge >= 0.3 is 0 Å². The van der Waals surface area contributed by atoms with Gasteiger partial charge in [0, 0.05) is 57.5 Å². The molecule has 0 radical (unpaired) electrons. The second kappa shape index (κ2) is 9.58. The first-order valence-electron chi connectivity index (χ1n) is 9.21. The third kappa shape index (κ3) is 5.84. The molecule has 0 saturated carbocycles. The second-order valence-electron chi connectivity index (χ2n) is 6.72. The zero-order valence-electron chi connectivity index (χ0n) is 16.0. The molecule has 1 saturated heterocycles. The highest BCUT2D eigenvalue weighted by Gasteiger charge is 2.15. The Hall–Kier alpha value is -2.31. The number of rotatable bonds is 5. The molecule has 1 fully saturated rings. The van der Waals surface area contributed by atoms with E-state index in [4.69, 9.17) is 11.6 Å². The molecular weight excluding hydrogens is 360 g/mol. The number of hydrogen-bond donors (Lipinski definition) is 2. The highest BCUT2D eigenvalue weighted by molar-refractivity contribution is 6.30. The van der Waals surface area contributed by atoms with Crippen molar-refractivity contribution in [2.24, 2.45) is 4.99 Å². The van der Waals surface area contributed by atoms with Crippen molar-refractivity contribution >= 4 is 23.4 Å². The molecule has 2 N–H and O–H groups in total. The SMILES string of the molecule is CN=C(NCc1ccc(Cl)cc1)NCc1ccnc(N2CCN(C)CC2)c1. The van der Waals surface area contributed by atoms with Crippen LogP contribution in [0.15, 0.2) is 47.6 Å². The summed E-state index contributed by atoms with van der Waals surface area (Å²) in [6.07, 6.45) is 1.88. The maximum atomic E-state index is 5.93. The van der Waals surface area contributed by atoms with E-state index >= 15 is 0 Å². The maximum absolute atomic E-state index is 5.93. The van der Waals surface area contributed by atoms with E-state index in [1.807, 2.05) is 36.5 Å². The Bertz CT molecular complexity index is 753. The summed E-state index contributed by atoms with van der Waals surface area (Å²) in [6.45, 7) is 5.58. The van der Waals surface area contributed by atoms with Gasteiger partial charge in [-0.1, -0.05) is 23.7 Å². The summed E-state index contributed by atoms with van der Waals surface area (Å²) < 4.78 is 0. The number of guanidine groups is 1. The van der Waals surface area contributed by atoms with E-state index in [1.54, 1.807) is 7.05 Å². The van der Waals surface area contributed by atoms with E-state index in [2.05, 4.69) is 43.5 Å². The van der Waals surface area contributed by atoms with Crippen molar-refractivity contribution in [2.45, 2.75) is 13.1 Å². The number of nitrogens with one attached hydrogen (secondary N) is 2. The number of benzene rings is 1. The Morgan fingerprint density at radius 1 is 1.04 bits per heavy atom. The predicted molar refractivity (Wildman–Crippen MR) is 112 cm³/mol. The fourth-order valence-electron chi connectivity index (χ4n) is 2.97. The molecule has 0 amide bonds. The Kier molecular flexibility index (Phi) is 6.90. The topological polar surface area (TPSA) is 55.8 Å². The fraction of sp³-hybridized carbons (Fsp3) is 0.400. The van der Waals surface area contributed by atoms with Gasteiger partial charge < -0.3 is 20.4 Å². The quantitative estimate of drug-likeness (QED) is 0.610. The summed E-state index contributed by atoms with van der Waals surface area (Å²) in [5, 5.41) is 7.43. The van der Waals surface area contributed by atoms with Crippen LogP contribution in [0.5, 0.6) is 0 Å². The number of pyridine rings is 1. The number of aromatic nitrogens is 1. The molecule has 3 rings (SSSR count). The summed E-state index contributed by atoms with van der Waals surface area (Å²) in [5.41, 5.74) is 2.34. The number of hydrogen-bond acceptors (Lipinski definition) is 4. The van der Waals surface area contributed by atoms with Crippen molar-refractivity contribution in [3.8, 4) is 0 Å². The second-order valence-corrected chi connectivity index (χ2v) is 7.15. The van der Waals surface area contributed by atoms with Crippen LogP contribution in [0.4, 0.5) is 5.82 Å². The van der Waals surface area contributed by atoms with Gasteiger partial charge in [0.2, 0.25) is 0 Å². The Morgan fingerprint density at radius 3 is 2.37 bits per heavy atom. The van der Waals surface area contributed by atoms with Crippen molar-refractivity contribution in [3.63, 3.8) is 0 Å². The standard InChI is InChI=1S/C20H27ClN6/c1-22-20(24-14-16-3-5-18(21)6-4-16)25-15-17-7-8-23-19(13-17)27-11-9-26(2)10-12-27/h3-8,13H,9-12,14-15H2,1-2H3,(H2,22,24,25). The minimum atomic E-state index is 0.694. The van der Waals surface area contributed by atoms with Crippen LogP contribution in [0.25, 0.3) is 0 Å². The third-order valence-corrected chi connectivity index (χ3v) is 4.95. The number of piperazine rings is 1. The minimum absolute atomic E-state index is 0.694. The van der Waals surface area contributed by atoms with E-state index in [0.717, 1.165) is 48.5 Å². The lowest BCUT2D eigenvalue weighted by atomic mass is 10.2. The van der Waals surface area contributed by atoms with Crippen molar-refractivity contribution < 1.29 is 0 Å². The highest BCUT2D eigenvalue weighted by atomic mass is 35.5. The number of anilines is 1. The van der Waals surface area contributed by atoms with Gasteiger partial charge in [-0.3, -0.25) is 4.99 Å². The molecule has 1 aromatic carbocycles. The highest BCUT2D eigenvalue weighted by Crippen LogP contribution is 2.14. The first-order chi connectivity index (χ1) is 13.1. The molecule has 2 aromatic rings. The van der Waals surface area contributed by atoms with Crippen molar-refractivity contribution in [1.29, 1.82) is 0 Å². The van der Waals surface area contributed by atoms with E-state index in [1.165, 1.54) is 5.56 Å². The fourth-order valence-corrected chi connectivity index (χ4v) is 3.10. The zero-order valence-corrected chi connectivity index (χ0v) is 16.7. The summed E-state index contributed by atoms with van der Waals surface area (Å²) in [4.78, 5) is 13.5. The number of halogens is 1. The van der Waals surface area contributed by atoms with E-state index in [9.17, 15) is 0 Å². The van der Waals surface area contributed by atoms with E-state index < -0.39 is 0 Å². The first-order valence-corrected chi connectivity index (χ1v) is 9.59. The molecule has 1 aliphatic rings.